The summed E-state index contributed by atoms with van der Waals surface area (Å²) in [6.45, 7) is 0. The van der Waals surface area contributed by atoms with E-state index in [1.165, 1.54) is 25.0 Å². The van der Waals surface area contributed by atoms with Gasteiger partial charge in [-0.05, 0) is 18.9 Å². The maximum absolute atomic E-state index is 13.2. The fraction of sp³-hybridized carbons (Fsp3) is 0.538. The summed E-state index contributed by atoms with van der Waals surface area (Å²) in [4.78, 5) is 10.4. The largest absolute Gasteiger partial charge is 0.377 e. The molecule has 0 unspecified atom stereocenters. The van der Waals surface area contributed by atoms with E-state index in [1.807, 2.05) is 0 Å². The number of nitro benzene ring substituents is 1. The molecule has 0 aliphatic heterocycles. The van der Waals surface area contributed by atoms with Gasteiger partial charge in [-0.15, -0.1) is 0 Å². The number of rotatable bonds is 3. The summed E-state index contributed by atoms with van der Waals surface area (Å²) in [6.07, 6.45) is 6.66. The number of anilines is 1. The molecule has 0 bridgehead atoms. The Morgan fingerprint density at radius 3 is 2.50 bits per heavy atom. The van der Waals surface area contributed by atoms with Crippen LogP contribution >= 0.6 is 0 Å². The number of benzene rings is 1. The van der Waals surface area contributed by atoms with Gasteiger partial charge >= 0.3 is 0 Å². The van der Waals surface area contributed by atoms with Gasteiger partial charge in [-0.1, -0.05) is 25.7 Å². The third-order valence-electron chi connectivity index (χ3n) is 3.37. The quantitative estimate of drug-likeness (QED) is 0.504. The third kappa shape index (κ3) is 3.18. The van der Waals surface area contributed by atoms with Crippen LogP contribution < -0.4 is 5.32 Å². The summed E-state index contributed by atoms with van der Waals surface area (Å²) >= 11 is 0. The lowest BCUT2D eigenvalue weighted by Crippen LogP contribution is -2.19. The molecule has 98 valence electrons. The van der Waals surface area contributed by atoms with E-state index >= 15 is 0 Å². The summed E-state index contributed by atoms with van der Waals surface area (Å²) in [6, 6.07) is 3.77. The summed E-state index contributed by atoms with van der Waals surface area (Å²) in [5, 5.41) is 14.0. The molecule has 18 heavy (non-hydrogen) atoms. The van der Waals surface area contributed by atoms with E-state index in [9.17, 15) is 14.5 Å². The van der Waals surface area contributed by atoms with Gasteiger partial charge in [-0.25, -0.2) is 4.39 Å². The molecule has 4 nitrogen and oxygen atoms in total. The van der Waals surface area contributed by atoms with Crippen LogP contribution in [0.4, 0.5) is 15.8 Å². The second kappa shape index (κ2) is 5.80. The molecule has 0 saturated heterocycles. The molecule has 1 saturated carbocycles. The van der Waals surface area contributed by atoms with Gasteiger partial charge in [0.1, 0.15) is 11.5 Å². The smallest absolute Gasteiger partial charge is 0.292 e. The van der Waals surface area contributed by atoms with Crippen LogP contribution in [0, 0.1) is 15.9 Å². The van der Waals surface area contributed by atoms with Crippen LogP contribution in [0.1, 0.15) is 38.5 Å². The highest BCUT2D eigenvalue weighted by Gasteiger charge is 2.18. The molecule has 0 heterocycles. The second-order valence-corrected chi connectivity index (χ2v) is 4.75. The molecular weight excluding hydrogens is 235 g/mol. The van der Waals surface area contributed by atoms with E-state index in [4.69, 9.17) is 0 Å². The molecule has 2 rings (SSSR count). The molecule has 0 amide bonds. The number of nitro groups is 1. The Bertz CT molecular complexity index is 429. The Morgan fingerprint density at radius 1 is 1.22 bits per heavy atom. The molecule has 1 N–H and O–H groups in total. The minimum atomic E-state index is -0.474. The van der Waals surface area contributed by atoms with Gasteiger partial charge < -0.3 is 5.32 Å². The van der Waals surface area contributed by atoms with Crippen molar-refractivity contribution in [3.63, 3.8) is 0 Å². The molecule has 1 fully saturated rings. The predicted octanol–water partition coefficient (Wildman–Crippen LogP) is 3.87. The number of halogens is 1. The SMILES string of the molecule is O=[N+]([O-])c1ccc(F)cc1NC1CCCCCC1. The summed E-state index contributed by atoms with van der Waals surface area (Å²) in [7, 11) is 0. The molecule has 1 aliphatic rings. The van der Waals surface area contributed by atoms with E-state index in [1.54, 1.807) is 0 Å². The highest BCUT2D eigenvalue weighted by molar-refractivity contribution is 5.61. The van der Waals surface area contributed by atoms with Crippen molar-refractivity contribution in [2.45, 2.75) is 44.6 Å². The molecule has 0 spiro atoms. The molecule has 1 aromatic rings. The first-order valence-electron chi connectivity index (χ1n) is 6.37. The van der Waals surface area contributed by atoms with Crippen molar-refractivity contribution < 1.29 is 9.31 Å². The predicted molar refractivity (Wildman–Crippen MR) is 68.2 cm³/mol. The van der Waals surface area contributed by atoms with Crippen LogP contribution in [-0.2, 0) is 0 Å². The Morgan fingerprint density at radius 2 is 1.89 bits per heavy atom. The monoisotopic (exact) mass is 252 g/mol. The van der Waals surface area contributed by atoms with Crippen molar-refractivity contribution in [1.82, 2.24) is 0 Å². The first-order valence-corrected chi connectivity index (χ1v) is 6.37. The van der Waals surface area contributed by atoms with Crippen molar-refractivity contribution in [3.8, 4) is 0 Å². The maximum atomic E-state index is 13.2. The lowest BCUT2D eigenvalue weighted by Gasteiger charge is -2.17. The normalized spacial score (nSPS) is 17.2. The number of hydrogen-bond donors (Lipinski definition) is 1. The fourth-order valence-corrected chi connectivity index (χ4v) is 2.43. The first-order chi connectivity index (χ1) is 8.66. The van der Waals surface area contributed by atoms with E-state index in [0.29, 0.717) is 5.69 Å². The van der Waals surface area contributed by atoms with Gasteiger partial charge in [0.2, 0.25) is 0 Å². The highest BCUT2D eigenvalue weighted by Crippen LogP contribution is 2.28. The lowest BCUT2D eigenvalue weighted by molar-refractivity contribution is -0.384. The Kier molecular flexibility index (Phi) is 4.12. The topological polar surface area (TPSA) is 55.2 Å². The summed E-state index contributed by atoms with van der Waals surface area (Å²) < 4.78 is 13.2. The molecule has 1 aliphatic carbocycles. The van der Waals surface area contributed by atoms with Crippen LogP contribution in [-0.4, -0.2) is 11.0 Å². The van der Waals surface area contributed by atoms with Gasteiger partial charge in [0, 0.05) is 18.2 Å². The molecule has 0 atom stereocenters. The zero-order valence-electron chi connectivity index (χ0n) is 10.2. The zero-order chi connectivity index (χ0) is 13.0. The van der Waals surface area contributed by atoms with E-state index in [-0.39, 0.29) is 11.7 Å². The Balaban J connectivity index is 2.15. The van der Waals surface area contributed by atoms with Crippen molar-refractivity contribution in [1.29, 1.82) is 0 Å². The third-order valence-corrected chi connectivity index (χ3v) is 3.37. The minimum absolute atomic E-state index is 0.0550. The standard InChI is InChI=1S/C13H17FN2O2/c14-10-7-8-13(16(17)18)12(9-10)15-11-5-3-1-2-4-6-11/h7-9,11,15H,1-6H2. The van der Waals surface area contributed by atoms with E-state index < -0.39 is 10.7 Å². The molecule has 0 aromatic heterocycles. The minimum Gasteiger partial charge on any atom is -0.377 e. The van der Waals surface area contributed by atoms with Gasteiger partial charge in [-0.3, -0.25) is 10.1 Å². The molecule has 0 radical (unpaired) electrons. The van der Waals surface area contributed by atoms with Crippen LogP contribution in [0.25, 0.3) is 0 Å². The van der Waals surface area contributed by atoms with E-state index in [0.717, 1.165) is 31.7 Å². The highest BCUT2D eigenvalue weighted by atomic mass is 19.1. The van der Waals surface area contributed by atoms with Crippen LogP contribution in [0.5, 0.6) is 0 Å². The Labute approximate surface area is 105 Å². The van der Waals surface area contributed by atoms with Crippen molar-refractivity contribution >= 4 is 11.4 Å². The van der Waals surface area contributed by atoms with Crippen LogP contribution in [0.3, 0.4) is 0 Å². The van der Waals surface area contributed by atoms with Crippen molar-refractivity contribution in [3.05, 3.63) is 34.1 Å². The average molecular weight is 252 g/mol. The first kappa shape index (κ1) is 12.8. The molecule has 5 heteroatoms. The summed E-state index contributed by atoms with van der Waals surface area (Å²) in [5.74, 6) is -0.447. The molecule has 1 aromatic carbocycles. The van der Waals surface area contributed by atoms with Gasteiger partial charge in [0.05, 0.1) is 4.92 Å². The fourth-order valence-electron chi connectivity index (χ4n) is 2.43. The van der Waals surface area contributed by atoms with Crippen molar-refractivity contribution in [2.24, 2.45) is 0 Å². The van der Waals surface area contributed by atoms with Crippen LogP contribution in [0.2, 0.25) is 0 Å². The number of nitrogens with one attached hydrogen (secondary N) is 1. The lowest BCUT2D eigenvalue weighted by atomic mass is 10.1. The summed E-state index contributed by atoms with van der Waals surface area (Å²) in [5.41, 5.74) is 0.243. The number of nitrogens with zero attached hydrogens (tertiary/aromatic N) is 1. The zero-order valence-corrected chi connectivity index (χ0v) is 10.2. The number of hydrogen-bond acceptors (Lipinski definition) is 3. The van der Waals surface area contributed by atoms with Crippen LogP contribution in [0.15, 0.2) is 18.2 Å². The van der Waals surface area contributed by atoms with Gasteiger partial charge in [0.15, 0.2) is 0 Å². The Hall–Kier alpha value is -1.65. The van der Waals surface area contributed by atoms with Gasteiger partial charge in [-0.2, -0.15) is 0 Å². The second-order valence-electron chi connectivity index (χ2n) is 4.75. The maximum Gasteiger partial charge on any atom is 0.292 e. The van der Waals surface area contributed by atoms with E-state index in [2.05, 4.69) is 5.32 Å². The van der Waals surface area contributed by atoms with Crippen molar-refractivity contribution in [2.75, 3.05) is 5.32 Å². The average Bonchev–Trinajstić information content (AvgIpc) is 2.57. The van der Waals surface area contributed by atoms with Gasteiger partial charge in [0.25, 0.3) is 5.69 Å². The molecular formula is C13H17FN2O2.